The Morgan fingerprint density at radius 3 is 2.71 bits per heavy atom. The zero-order valence-corrected chi connectivity index (χ0v) is 13.1. The van der Waals surface area contributed by atoms with E-state index in [0.29, 0.717) is 29.3 Å². The van der Waals surface area contributed by atoms with E-state index in [-0.39, 0.29) is 16.4 Å². The van der Waals surface area contributed by atoms with Gasteiger partial charge in [-0.15, -0.1) is 0 Å². The van der Waals surface area contributed by atoms with Crippen LogP contribution in [-0.4, -0.2) is 17.7 Å². The van der Waals surface area contributed by atoms with E-state index in [2.05, 4.69) is 0 Å². The van der Waals surface area contributed by atoms with Crippen LogP contribution in [0.3, 0.4) is 0 Å². The van der Waals surface area contributed by atoms with Gasteiger partial charge >= 0.3 is 5.97 Å². The van der Waals surface area contributed by atoms with E-state index in [9.17, 15) is 9.59 Å². The maximum atomic E-state index is 12.4. The summed E-state index contributed by atoms with van der Waals surface area (Å²) in [5.41, 5.74) is 0.786. The standard InChI is InChI=1S/C19H16O5/c1-2-9-23-16-6-4-3-5-13(16)18-11-15(20)14-10-12(19(21)22)7-8-17(14)24-18/h3-8,10-11H,2,9H2,1H3,(H,21,22). The summed E-state index contributed by atoms with van der Waals surface area (Å²) in [6.07, 6.45) is 0.869. The van der Waals surface area contributed by atoms with Crippen molar-refractivity contribution < 1.29 is 19.1 Å². The van der Waals surface area contributed by atoms with E-state index < -0.39 is 5.97 Å². The Balaban J connectivity index is 2.14. The third-order valence-corrected chi connectivity index (χ3v) is 3.59. The molecule has 1 aromatic heterocycles. The highest BCUT2D eigenvalue weighted by molar-refractivity contribution is 5.93. The highest BCUT2D eigenvalue weighted by atomic mass is 16.5. The van der Waals surface area contributed by atoms with Crippen molar-refractivity contribution in [3.63, 3.8) is 0 Å². The first-order chi connectivity index (χ1) is 11.6. The van der Waals surface area contributed by atoms with Crippen molar-refractivity contribution in [1.29, 1.82) is 0 Å². The molecule has 3 aromatic rings. The highest BCUT2D eigenvalue weighted by Crippen LogP contribution is 2.31. The van der Waals surface area contributed by atoms with E-state index in [1.54, 1.807) is 0 Å². The molecule has 0 bridgehead atoms. The molecule has 0 aliphatic rings. The Labute approximate surface area is 138 Å². The van der Waals surface area contributed by atoms with Crippen LogP contribution in [0.5, 0.6) is 5.75 Å². The second-order valence-electron chi connectivity index (χ2n) is 5.34. The molecule has 0 fully saturated rings. The number of para-hydroxylation sites is 1. The normalized spacial score (nSPS) is 10.7. The quantitative estimate of drug-likeness (QED) is 0.769. The average Bonchev–Trinajstić information content (AvgIpc) is 2.59. The van der Waals surface area contributed by atoms with E-state index in [1.165, 1.54) is 24.3 Å². The first kappa shape index (κ1) is 15.8. The fourth-order valence-electron chi connectivity index (χ4n) is 2.43. The van der Waals surface area contributed by atoms with Gasteiger partial charge in [-0.05, 0) is 36.8 Å². The van der Waals surface area contributed by atoms with Crippen LogP contribution in [0.15, 0.2) is 57.7 Å². The zero-order valence-electron chi connectivity index (χ0n) is 13.1. The summed E-state index contributed by atoms with van der Waals surface area (Å²) < 4.78 is 11.5. The van der Waals surface area contributed by atoms with E-state index >= 15 is 0 Å². The highest BCUT2D eigenvalue weighted by Gasteiger charge is 2.13. The Morgan fingerprint density at radius 2 is 1.96 bits per heavy atom. The molecular weight excluding hydrogens is 308 g/mol. The number of rotatable bonds is 5. The van der Waals surface area contributed by atoms with Crippen LogP contribution < -0.4 is 10.2 Å². The van der Waals surface area contributed by atoms with Gasteiger partial charge in [0.1, 0.15) is 17.1 Å². The summed E-state index contributed by atoms with van der Waals surface area (Å²) in [5, 5.41) is 9.28. The summed E-state index contributed by atoms with van der Waals surface area (Å²) in [6.45, 7) is 2.58. The summed E-state index contributed by atoms with van der Waals surface area (Å²) in [5.74, 6) is -0.0510. The predicted octanol–water partition coefficient (Wildman–Crippen LogP) is 3.95. The summed E-state index contributed by atoms with van der Waals surface area (Å²) >= 11 is 0. The molecule has 2 aromatic carbocycles. The molecule has 5 nitrogen and oxygen atoms in total. The molecule has 0 aliphatic heterocycles. The molecule has 5 heteroatoms. The van der Waals surface area contributed by atoms with Gasteiger partial charge in [0.25, 0.3) is 0 Å². The van der Waals surface area contributed by atoms with Gasteiger partial charge in [0, 0.05) is 6.07 Å². The number of carboxylic acids is 1. The van der Waals surface area contributed by atoms with Crippen LogP contribution >= 0.6 is 0 Å². The number of hydrogen-bond acceptors (Lipinski definition) is 4. The van der Waals surface area contributed by atoms with Crippen LogP contribution in [-0.2, 0) is 0 Å². The summed E-state index contributed by atoms with van der Waals surface area (Å²) in [6, 6.07) is 12.9. The van der Waals surface area contributed by atoms with Crippen LogP contribution in [0.1, 0.15) is 23.7 Å². The summed E-state index contributed by atoms with van der Waals surface area (Å²) in [4.78, 5) is 23.4. The Kier molecular flexibility index (Phi) is 4.33. The second kappa shape index (κ2) is 6.58. The third-order valence-electron chi connectivity index (χ3n) is 3.59. The molecule has 24 heavy (non-hydrogen) atoms. The molecule has 3 rings (SSSR count). The first-order valence-electron chi connectivity index (χ1n) is 7.63. The molecule has 0 spiro atoms. The Morgan fingerprint density at radius 1 is 1.17 bits per heavy atom. The molecule has 0 saturated carbocycles. The molecule has 122 valence electrons. The number of fused-ring (bicyclic) bond motifs is 1. The first-order valence-corrected chi connectivity index (χ1v) is 7.63. The van der Waals surface area contributed by atoms with Gasteiger partial charge in [0.05, 0.1) is 23.1 Å². The Bertz CT molecular complexity index is 955. The van der Waals surface area contributed by atoms with Gasteiger partial charge in [-0.3, -0.25) is 4.79 Å². The van der Waals surface area contributed by atoms with Gasteiger partial charge < -0.3 is 14.3 Å². The molecule has 0 aliphatic carbocycles. The van der Waals surface area contributed by atoms with Crippen molar-refractivity contribution in [3.05, 3.63) is 64.3 Å². The fourth-order valence-corrected chi connectivity index (χ4v) is 2.43. The maximum Gasteiger partial charge on any atom is 0.335 e. The minimum absolute atomic E-state index is 0.0502. The SMILES string of the molecule is CCCOc1ccccc1-c1cc(=O)c2cc(C(=O)O)ccc2o1. The van der Waals surface area contributed by atoms with E-state index in [0.717, 1.165) is 6.42 Å². The molecule has 0 amide bonds. The van der Waals surface area contributed by atoms with Gasteiger partial charge in [-0.2, -0.15) is 0 Å². The number of benzene rings is 2. The molecular formula is C19H16O5. The second-order valence-corrected chi connectivity index (χ2v) is 5.34. The van der Waals surface area contributed by atoms with Crippen molar-refractivity contribution >= 4 is 16.9 Å². The topological polar surface area (TPSA) is 76.7 Å². The Hall–Kier alpha value is -3.08. The van der Waals surface area contributed by atoms with Crippen molar-refractivity contribution in [2.24, 2.45) is 0 Å². The number of aromatic carboxylic acids is 1. The van der Waals surface area contributed by atoms with Crippen molar-refractivity contribution in [2.45, 2.75) is 13.3 Å². The molecule has 0 saturated heterocycles. The number of carboxylic acid groups (broad SMARTS) is 1. The van der Waals surface area contributed by atoms with Crippen molar-refractivity contribution in [3.8, 4) is 17.1 Å². The minimum atomic E-state index is -1.08. The van der Waals surface area contributed by atoms with Crippen molar-refractivity contribution in [2.75, 3.05) is 6.61 Å². The van der Waals surface area contributed by atoms with E-state index in [4.69, 9.17) is 14.3 Å². The smallest absolute Gasteiger partial charge is 0.335 e. The molecule has 0 unspecified atom stereocenters. The van der Waals surface area contributed by atoms with Crippen molar-refractivity contribution in [1.82, 2.24) is 0 Å². The van der Waals surface area contributed by atoms with Crippen LogP contribution in [0, 0.1) is 0 Å². The molecule has 0 atom stereocenters. The minimum Gasteiger partial charge on any atom is -0.493 e. The zero-order chi connectivity index (χ0) is 17.1. The lowest BCUT2D eigenvalue weighted by molar-refractivity contribution is 0.0697. The third kappa shape index (κ3) is 3.01. The maximum absolute atomic E-state index is 12.4. The van der Waals surface area contributed by atoms with Gasteiger partial charge in [0.15, 0.2) is 5.43 Å². The fraction of sp³-hybridized carbons (Fsp3) is 0.158. The lowest BCUT2D eigenvalue weighted by Gasteiger charge is -2.10. The lowest BCUT2D eigenvalue weighted by atomic mass is 10.1. The monoisotopic (exact) mass is 324 g/mol. The van der Waals surface area contributed by atoms with Crippen LogP contribution in [0.25, 0.3) is 22.3 Å². The lowest BCUT2D eigenvalue weighted by Crippen LogP contribution is -2.04. The average molecular weight is 324 g/mol. The molecule has 1 heterocycles. The molecule has 1 N–H and O–H groups in total. The van der Waals surface area contributed by atoms with Gasteiger partial charge in [-0.25, -0.2) is 4.79 Å². The number of carbonyl (C=O) groups is 1. The number of hydrogen-bond donors (Lipinski definition) is 1. The summed E-state index contributed by atoms with van der Waals surface area (Å²) in [7, 11) is 0. The van der Waals surface area contributed by atoms with Crippen LogP contribution in [0.2, 0.25) is 0 Å². The molecule has 0 radical (unpaired) electrons. The van der Waals surface area contributed by atoms with E-state index in [1.807, 2.05) is 31.2 Å². The largest absolute Gasteiger partial charge is 0.493 e. The van der Waals surface area contributed by atoms with Crippen LogP contribution in [0.4, 0.5) is 0 Å². The predicted molar refractivity (Wildman–Crippen MR) is 90.7 cm³/mol. The van der Waals surface area contributed by atoms with Gasteiger partial charge in [-0.1, -0.05) is 19.1 Å². The number of ether oxygens (including phenoxy) is 1. The van der Waals surface area contributed by atoms with Gasteiger partial charge in [0.2, 0.25) is 0 Å².